The van der Waals surface area contributed by atoms with Crippen molar-refractivity contribution in [1.82, 2.24) is 4.98 Å². The van der Waals surface area contributed by atoms with Crippen LogP contribution >= 0.6 is 15.9 Å². The van der Waals surface area contributed by atoms with Gasteiger partial charge in [-0.3, -0.25) is 9.59 Å². The maximum Gasteiger partial charge on any atom is 0.272 e. The van der Waals surface area contributed by atoms with Gasteiger partial charge in [-0.2, -0.15) is 0 Å². The number of aromatic amines is 1. The molecule has 1 heterocycles. The molecular weight excluding hydrogens is 370 g/mol. The fraction of sp³-hybridized carbons (Fsp3) is 0.111. The number of H-pyrrole nitrogens is 1. The summed E-state index contributed by atoms with van der Waals surface area (Å²) < 4.78 is 0.953. The zero-order chi connectivity index (χ0) is 17.3. The lowest BCUT2D eigenvalue weighted by atomic mass is 10.2. The van der Waals surface area contributed by atoms with Crippen LogP contribution in [0.25, 0.3) is 10.9 Å². The van der Waals surface area contributed by atoms with Crippen LogP contribution in [0.15, 0.2) is 53.0 Å². The number of rotatable bonds is 3. The number of aromatic nitrogens is 1. The number of anilines is 2. The standard InChI is InChI=1S/C18H16BrN3O2/c1-11(23)22(2)15-7-5-14(6-8-15)20-18(24)17-9-12-3-4-13(19)10-16(12)21-17/h3-10,21H,1-2H3,(H,20,24). The van der Waals surface area contributed by atoms with Crippen molar-refractivity contribution in [3.8, 4) is 0 Å². The molecule has 0 atom stereocenters. The Hall–Kier alpha value is -2.60. The lowest BCUT2D eigenvalue weighted by molar-refractivity contribution is -0.116. The Kier molecular flexibility index (Phi) is 4.40. The smallest absolute Gasteiger partial charge is 0.272 e. The highest BCUT2D eigenvalue weighted by atomic mass is 79.9. The van der Waals surface area contributed by atoms with Crippen LogP contribution in [-0.2, 0) is 4.79 Å². The topological polar surface area (TPSA) is 65.2 Å². The fourth-order valence-electron chi connectivity index (χ4n) is 2.37. The van der Waals surface area contributed by atoms with E-state index in [0.717, 1.165) is 21.1 Å². The van der Waals surface area contributed by atoms with E-state index in [9.17, 15) is 9.59 Å². The average molecular weight is 386 g/mol. The molecule has 0 unspecified atom stereocenters. The molecule has 0 bridgehead atoms. The Bertz CT molecular complexity index is 916. The van der Waals surface area contributed by atoms with Crippen molar-refractivity contribution in [3.05, 3.63) is 58.7 Å². The SMILES string of the molecule is CC(=O)N(C)c1ccc(NC(=O)c2cc3ccc(Br)cc3[nH]2)cc1. The highest BCUT2D eigenvalue weighted by Crippen LogP contribution is 2.22. The summed E-state index contributed by atoms with van der Waals surface area (Å²) >= 11 is 3.41. The summed E-state index contributed by atoms with van der Waals surface area (Å²) in [6.45, 7) is 1.50. The highest BCUT2D eigenvalue weighted by molar-refractivity contribution is 9.10. The van der Waals surface area contributed by atoms with E-state index in [4.69, 9.17) is 0 Å². The third-order valence-corrected chi connectivity index (χ3v) is 4.31. The first kappa shape index (κ1) is 16.3. The molecule has 0 aliphatic carbocycles. The van der Waals surface area contributed by atoms with Gasteiger partial charge in [0.1, 0.15) is 5.69 Å². The first-order valence-electron chi connectivity index (χ1n) is 7.38. The number of hydrogen-bond donors (Lipinski definition) is 2. The second-order valence-electron chi connectivity index (χ2n) is 5.49. The van der Waals surface area contributed by atoms with Crippen molar-refractivity contribution >= 4 is 50.0 Å². The molecule has 0 fully saturated rings. The van der Waals surface area contributed by atoms with Crippen LogP contribution < -0.4 is 10.2 Å². The number of hydrogen-bond acceptors (Lipinski definition) is 2. The van der Waals surface area contributed by atoms with Gasteiger partial charge in [0, 0.05) is 40.7 Å². The largest absolute Gasteiger partial charge is 0.350 e. The number of carbonyl (C=O) groups excluding carboxylic acids is 2. The zero-order valence-electron chi connectivity index (χ0n) is 13.3. The Labute approximate surface area is 147 Å². The molecule has 0 aliphatic heterocycles. The Morgan fingerprint density at radius 1 is 1.08 bits per heavy atom. The maximum absolute atomic E-state index is 12.4. The molecule has 2 aromatic carbocycles. The van der Waals surface area contributed by atoms with E-state index in [1.807, 2.05) is 24.3 Å². The predicted molar refractivity (Wildman–Crippen MR) is 99.5 cm³/mol. The van der Waals surface area contributed by atoms with Crippen LogP contribution in [0.3, 0.4) is 0 Å². The van der Waals surface area contributed by atoms with Gasteiger partial charge in [-0.15, -0.1) is 0 Å². The van der Waals surface area contributed by atoms with Crippen LogP contribution in [-0.4, -0.2) is 23.8 Å². The fourth-order valence-corrected chi connectivity index (χ4v) is 2.73. The lowest BCUT2D eigenvalue weighted by Gasteiger charge is -2.15. The van der Waals surface area contributed by atoms with Gasteiger partial charge in [0.05, 0.1) is 0 Å². The summed E-state index contributed by atoms with van der Waals surface area (Å²) in [5, 5.41) is 3.82. The van der Waals surface area contributed by atoms with E-state index in [1.165, 1.54) is 6.92 Å². The molecule has 5 nitrogen and oxygen atoms in total. The minimum Gasteiger partial charge on any atom is -0.350 e. The van der Waals surface area contributed by atoms with Crippen molar-refractivity contribution in [1.29, 1.82) is 0 Å². The normalized spacial score (nSPS) is 10.6. The van der Waals surface area contributed by atoms with Crippen LogP contribution in [0, 0.1) is 0 Å². The van der Waals surface area contributed by atoms with Gasteiger partial charge in [-0.25, -0.2) is 0 Å². The number of fused-ring (bicyclic) bond motifs is 1. The van der Waals surface area contributed by atoms with Gasteiger partial charge in [0.15, 0.2) is 0 Å². The van der Waals surface area contributed by atoms with Gasteiger partial charge < -0.3 is 15.2 Å². The summed E-state index contributed by atoms with van der Waals surface area (Å²) in [5.41, 5.74) is 2.83. The molecule has 0 aliphatic rings. The number of carbonyl (C=O) groups is 2. The zero-order valence-corrected chi connectivity index (χ0v) is 14.8. The minimum atomic E-state index is -0.213. The molecule has 2 N–H and O–H groups in total. The quantitative estimate of drug-likeness (QED) is 0.710. The second kappa shape index (κ2) is 6.49. The molecule has 122 valence electrons. The Morgan fingerprint density at radius 2 is 1.79 bits per heavy atom. The molecule has 2 amide bonds. The third kappa shape index (κ3) is 3.33. The molecular formula is C18H16BrN3O2. The summed E-state index contributed by atoms with van der Waals surface area (Å²) in [7, 11) is 1.71. The number of nitrogens with one attached hydrogen (secondary N) is 2. The summed E-state index contributed by atoms with van der Waals surface area (Å²) in [6, 6.07) is 14.7. The van der Waals surface area contributed by atoms with Crippen LogP contribution in [0.4, 0.5) is 11.4 Å². The van der Waals surface area contributed by atoms with E-state index in [0.29, 0.717) is 11.4 Å². The molecule has 0 radical (unpaired) electrons. The van der Waals surface area contributed by atoms with Crippen LogP contribution in [0.2, 0.25) is 0 Å². The van der Waals surface area contributed by atoms with E-state index in [1.54, 1.807) is 36.2 Å². The van der Waals surface area contributed by atoms with E-state index >= 15 is 0 Å². The molecule has 3 aromatic rings. The van der Waals surface area contributed by atoms with Crippen molar-refractivity contribution in [2.24, 2.45) is 0 Å². The molecule has 6 heteroatoms. The summed E-state index contributed by atoms with van der Waals surface area (Å²) in [6.07, 6.45) is 0. The average Bonchev–Trinajstić information content (AvgIpc) is 2.98. The van der Waals surface area contributed by atoms with Gasteiger partial charge >= 0.3 is 0 Å². The van der Waals surface area contributed by atoms with Crippen molar-refractivity contribution < 1.29 is 9.59 Å². The van der Waals surface area contributed by atoms with E-state index < -0.39 is 0 Å². The number of nitrogens with zero attached hydrogens (tertiary/aromatic N) is 1. The number of benzene rings is 2. The molecule has 0 saturated heterocycles. The summed E-state index contributed by atoms with van der Waals surface area (Å²) in [4.78, 5) is 28.4. The van der Waals surface area contributed by atoms with E-state index in [-0.39, 0.29) is 11.8 Å². The minimum absolute atomic E-state index is 0.0454. The molecule has 3 rings (SSSR count). The van der Waals surface area contributed by atoms with Gasteiger partial charge in [0.25, 0.3) is 5.91 Å². The number of amides is 2. The van der Waals surface area contributed by atoms with Gasteiger partial charge in [-0.05, 0) is 42.5 Å². The Balaban J connectivity index is 1.77. The molecule has 1 aromatic heterocycles. The Morgan fingerprint density at radius 3 is 2.46 bits per heavy atom. The molecule has 0 spiro atoms. The van der Waals surface area contributed by atoms with Gasteiger partial charge in [0.2, 0.25) is 5.91 Å². The van der Waals surface area contributed by atoms with Crippen molar-refractivity contribution in [2.75, 3.05) is 17.3 Å². The first-order valence-corrected chi connectivity index (χ1v) is 8.17. The van der Waals surface area contributed by atoms with Gasteiger partial charge in [-0.1, -0.05) is 22.0 Å². The number of halogens is 1. The van der Waals surface area contributed by atoms with Crippen molar-refractivity contribution in [3.63, 3.8) is 0 Å². The predicted octanol–water partition coefficient (Wildman–Crippen LogP) is 4.17. The maximum atomic E-state index is 12.4. The first-order chi connectivity index (χ1) is 11.4. The lowest BCUT2D eigenvalue weighted by Crippen LogP contribution is -2.22. The van der Waals surface area contributed by atoms with Crippen LogP contribution in [0.5, 0.6) is 0 Å². The van der Waals surface area contributed by atoms with E-state index in [2.05, 4.69) is 26.2 Å². The highest BCUT2D eigenvalue weighted by Gasteiger charge is 2.11. The molecule has 24 heavy (non-hydrogen) atoms. The summed E-state index contributed by atoms with van der Waals surface area (Å²) in [5.74, 6) is -0.258. The molecule has 0 saturated carbocycles. The van der Waals surface area contributed by atoms with Crippen LogP contribution in [0.1, 0.15) is 17.4 Å². The third-order valence-electron chi connectivity index (χ3n) is 3.81. The second-order valence-corrected chi connectivity index (χ2v) is 6.41. The van der Waals surface area contributed by atoms with Crippen molar-refractivity contribution in [2.45, 2.75) is 6.92 Å². The monoisotopic (exact) mass is 385 g/mol.